The predicted molar refractivity (Wildman–Crippen MR) is 190 cm³/mol. The second-order valence-corrected chi connectivity index (χ2v) is 15.3. The van der Waals surface area contributed by atoms with Gasteiger partial charge in [0, 0.05) is 24.4 Å². The molecule has 2 aromatic rings. The Morgan fingerprint density at radius 3 is 2.57 bits per heavy atom. The maximum Gasteiger partial charge on any atom is 0.410 e. The number of allylic oxidation sites excluding steroid dienone is 1. The van der Waals surface area contributed by atoms with Crippen LogP contribution < -0.4 is 21.0 Å². The molecule has 5 amide bonds. The molecule has 53 heavy (non-hydrogen) atoms. The number of alkyl carbamates (subject to hydrolysis) is 1. The Morgan fingerprint density at radius 1 is 1.02 bits per heavy atom. The van der Waals surface area contributed by atoms with Gasteiger partial charge in [-0.2, -0.15) is 5.48 Å². The largest absolute Gasteiger partial charge is 0.444 e. The minimum Gasteiger partial charge on any atom is -0.444 e. The molecule has 3 heterocycles. The summed E-state index contributed by atoms with van der Waals surface area (Å²) in [7, 11) is 0. The molecule has 0 spiro atoms. The minimum absolute atomic E-state index is 0.0269. The average Bonchev–Trinajstić information content (AvgIpc) is 3.39. The Morgan fingerprint density at radius 2 is 1.81 bits per heavy atom. The quantitative estimate of drug-likeness (QED) is 0.288. The van der Waals surface area contributed by atoms with Crippen molar-refractivity contribution < 1.29 is 42.7 Å². The first-order valence-corrected chi connectivity index (χ1v) is 18.3. The van der Waals surface area contributed by atoms with Gasteiger partial charge in [-0.15, -0.1) is 0 Å². The lowest BCUT2D eigenvalue weighted by atomic mass is 10.0. The summed E-state index contributed by atoms with van der Waals surface area (Å²) in [5.74, 6) is -1.97. The summed E-state index contributed by atoms with van der Waals surface area (Å²) >= 11 is 0. The summed E-state index contributed by atoms with van der Waals surface area (Å²) in [5, 5.41) is 5.64. The van der Waals surface area contributed by atoms with Crippen molar-refractivity contribution in [2.75, 3.05) is 6.54 Å². The summed E-state index contributed by atoms with van der Waals surface area (Å²) in [4.78, 5) is 77.1. The van der Waals surface area contributed by atoms with Crippen molar-refractivity contribution >= 4 is 29.9 Å². The first kappa shape index (κ1) is 37.6. The van der Waals surface area contributed by atoms with Crippen molar-refractivity contribution in [3.8, 4) is 5.75 Å². The number of benzene rings is 2. The number of aryl methyl sites for hydroxylation is 1. The van der Waals surface area contributed by atoms with Crippen LogP contribution in [0.25, 0.3) is 0 Å². The molecule has 14 heteroatoms. The zero-order valence-electron chi connectivity index (χ0n) is 30.6. The van der Waals surface area contributed by atoms with Crippen molar-refractivity contribution in [2.45, 2.75) is 115 Å². The van der Waals surface area contributed by atoms with E-state index in [2.05, 4.69) is 16.1 Å². The van der Waals surface area contributed by atoms with E-state index in [1.807, 2.05) is 31.2 Å². The summed E-state index contributed by atoms with van der Waals surface area (Å²) in [6.07, 6.45) is 5.01. The average molecular weight is 734 g/mol. The number of rotatable bonds is 5. The Kier molecular flexibility index (Phi) is 11.0. The second kappa shape index (κ2) is 15.5. The molecule has 6 rings (SSSR count). The fourth-order valence-electron chi connectivity index (χ4n) is 7.21. The third-order valence-electron chi connectivity index (χ3n) is 10.1. The lowest BCUT2D eigenvalue weighted by molar-refractivity contribution is -0.142. The van der Waals surface area contributed by atoms with Crippen LogP contribution in [0.1, 0.15) is 82.4 Å². The van der Waals surface area contributed by atoms with Gasteiger partial charge in [0.05, 0.1) is 13.1 Å². The number of hydroxylamine groups is 1. The SMILES string of the molecule is Cc1ccccc1ONC(=O)[C@@]12C[C@H]1/C=C\CCCCC[C@H](NC(=O)OC(C)(C)C)C(=O)N1C[C@H](OC(=O)N3Cc4cccc(F)c4C3)C[C@H]1C(=O)N2. The summed E-state index contributed by atoms with van der Waals surface area (Å²) in [6, 6.07) is 9.68. The smallest absolute Gasteiger partial charge is 0.410 e. The van der Waals surface area contributed by atoms with Gasteiger partial charge in [-0.1, -0.05) is 55.3 Å². The van der Waals surface area contributed by atoms with Gasteiger partial charge >= 0.3 is 12.2 Å². The van der Waals surface area contributed by atoms with Gasteiger partial charge in [-0.25, -0.2) is 14.0 Å². The molecule has 0 unspecified atom stereocenters. The van der Waals surface area contributed by atoms with Crippen LogP contribution in [0.15, 0.2) is 54.6 Å². The van der Waals surface area contributed by atoms with Gasteiger partial charge in [0.1, 0.15) is 35.1 Å². The number of ether oxygens (including phenoxy) is 2. The van der Waals surface area contributed by atoms with E-state index in [1.165, 1.54) is 15.9 Å². The number of halogens is 1. The molecule has 3 N–H and O–H groups in total. The van der Waals surface area contributed by atoms with E-state index in [1.54, 1.807) is 45.0 Å². The standard InChI is InChI=1S/C39H48FN5O8/c1-24-13-10-11-18-32(24)53-43-35(48)39-20-26(39)15-8-6-5-7-9-17-30(41-36(49)52-38(2,3)4)34(47)45-22-27(19-31(45)33(46)42-39)51-37(50)44-21-25-14-12-16-29(40)28(25)23-44/h8,10-16,18,26-27,30-31H,5-7,9,17,19-23H2,1-4H3,(H,41,49)(H,42,46)(H,43,48)/b15-8-/t26-,27-,30+,31+,39-/m1/s1. The van der Waals surface area contributed by atoms with Crippen molar-refractivity contribution in [1.29, 1.82) is 0 Å². The maximum atomic E-state index is 14.4. The predicted octanol–water partition coefficient (Wildman–Crippen LogP) is 4.95. The Labute approximate surface area is 308 Å². The van der Waals surface area contributed by atoms with Gasteiger partial charge < -0.3 is 29.8 Å². The molecule has 0 aromatic heterocycles. The van der Waals surface area contributed by atoms with Gasteiger partial charge in [0.25, 0.3) is 5.91 Å². The lowest BCUT2D eigenvalue weighted by Gasteiger charge is -2.30. The highest BCUT2D eigenvalue weighted by Crippen LogP contribution is 2.45. The summed E-state index contributed by atoms with van der Waals surface area (Å²) in [5.41, 5.74) is 2.25. The minimum atomic E-state index is -1.35. The second-order valence-electron chi connectivity index (χ2n) is 15.3. The van der Waals surface area contributed by atoms with Crippen LogP contribution in [0.2, 0.25) is 0 Å². The third-order valence-corrected chi connectivity index (χ3v) is 10.1. The van der Waals surface area contributed by atoms with Crippen LogP contribution >= 0.6 is 0 Å². The number of nitrogens with one attached hydrogen (secondary N) is 3. The van der Waals surface area contributed by atoms with Crippen molar-refractivity contribution in [3.05, 3.63) is 77.1 Å². The first-order valence-electron chi connectivity index (χ1n) is 18.3. The zero-order chi connectivity index (χ0) is 37.9. The number of hydrogen-bond donors (Lipinski definition) is 3. The first-order chi connectivity index (χ1) is 25.2. The number of nitrogens with zero attached hydrogens (tertiary/aromatic N) is 2. The van der Waals surface area contributed by atoms with E-state index in [0.29, 0.717) is 36.1 Å². The van der Waals surface area contributed by atoms with E-state index in [9.17, 15) is 28.4 Å². The van der Waals surface area contributed by atoms with E-state index in [-0.39, 0.29) is 32.0 Å². The molecule has 1 saturated heterocycles. The van der Waals surface area contributed by atoms with E-state index in [0.717, 1.165) is 24.8 Å². The molecule has 284 valence electrons. The van der Waals surface area contributed by atoms with Gasteiger partial charge in [-0.05, 0) is 76.6 Å². The number of amides is 5. The molecule has 5 atom stereocenters. The molecule has 2 fully saturated rings. The molecule has 2 aromatic carbocycles. The van der Waals surface area contributed by atoms with Crippen molar-refractivity contribution in [3.63, 3.8) is 0 Å². The molecule has 13 nitrogen and oxygen atoms in total. The molecule has 3 aliphatic heterocycles. The highest BCUT2D eigenvalue weighted by atomic mass is 19.1. The fourth-order valence-corrected chi connectivity index (χ4v) is 7.21. The number of para-hydroxylation sites is 1. The topological polar surface area (TPSA) is 156 Å². The van der Waals surface area contributed by atoms with E-state index in [4.69, 9.17) is 14.3 Å². The molecular weight excluding hydrogens is 685 g/mol. The van der Waals surface area contributed by atoms with Crippen molar-refractivity contribution in [2.24, 2.45) is 5.92 Å². The van der Waals surface area contributed by atoms with Gasteiger partial charge in [-0.3, -0.25) is 19.3 Å². The molecular formula is C39H48FN5O8. The van der Waals surface area contributed by atoms with Crippen molar-refractivity contribution in [1.82, 2.24) is 25.9 Å². The highest BCUT2D eigenvalue weighted by Gasteiger charge is 2.61. The number of carbonyl (C=O) groups is 5. The van der Waals surface area contributed by atoms with Crippen LogP contribution in [0.5, 0.6) is 5.75 Å². The molecule has 1 saturated carbocycles. The molecule has 0 radical (unpaired) electrons. The third kappa shape index (κ3) is 8.74. The highest BCUT2D eigenvalue weighted by molar-refractivity contribution is 5.98. The Bertz CT molecular complexity index is 1780. The number of carbonyl (C=O) groups excluding carboxylic acids is 5. The Balaban J connectivity index is 1.24. The molecule has 0 bridgehead atoms. The monoisotopic (exact) mass is 733 g/mol. The normalized spacial score (nSPS) is 26.4. The number of hydrogen-bond acceptors (Lipinski definition) is 8. The van der Waals surface area contributed by atoms with E-state index < -0.39 is 65.1 Å². The van der Waals surface area contributed by atoms with Crippen LogP contribution in [-0.4, -0.2) is 75.6 Å². The van der Waals surface area contributed by atoms with Crippen LogP contribution in [-0.2, 0) is 36.9 Å². The molecule has 4 aliphatic rings. The fraction of sp³-hybridized carbons (Fsp3) is 0.513. The summed E-state index contributed by atoms with van der Waals surface area (Å²) in [6.45, 7) is 7.04. The zero-order valence-corrected chi connectivity index (χ0v) is 30.6. The number of fused-ring (bicyclic) bond motifs is 3. The Hall–Kier alpha value is -5.14. The lowest BCUT2D eigenvalue weighted by Crippen LogP contribution is -2.58. The maximum absolute atomic E-state index is 14.4. The van der Waals surface area contributed by atoms with Gasteiger partial charge in [0.15, 0.2) is 5.75 Å². The van der Waals surface area contributed by atoms with Crippen LogP contribution in [0, 0.1) is 18.7 Å². The van der Waals surface area contributed by atoms with Gasteiger partial charge in [0.2, 0.25) is 11.8 Å². The van der Waals surface area contributed by atoms with E-state index >= 15 is 0 Å². The molecule has 1 aliphatic carbocycles. The van der Waals surface area contributed by atoms with Crippen LogP contribution in [0.4, 0.5) is 14.0 Å². The van der Waals surface area contributed by atoms with Crippen LogP contribution in [0.3, 0.4) is 0 Å². The summed E-state index contributed by atoms with van der Waals surface area (Å²) < 4.78 is 25.8.